The zero-order chi connectivity index (χ0) is 13.4. The Morgan fingerprint density at radius 1 is 1.50 bits per heavy atom. The summed E-state index contributed by atoms with van der Waals surface area (Å²) >= 11 is 0. The van der Waals surface area contributed by atoms with E-state index in [1.165, 1.54) is 7.11 Å². The molecule has 0 aromatic rings. The maximum atomic E-state index is 11.6. The van der Waals surface area contributed by atoms with Gasteiger partial charge in [0.05, 0.1) is 25.0 Å². The Balaban J connectivity index is 2.20. The fourth-order valence-corrected chi connectivity index (χ4v) is 1.91. The molecule has 0 radical (unpaired) electrons. The number of amides is 1. The molecule has 2 atom stereocenters. The molecule has 1 amide bonds. The first-order valence-corrected chi connectivity index (χ1v) is 6.24. The molecule has 0 spiro atoms. The van der Waals surface area contributed by atoms with Crippen LogP contribution in [0.25, 0.3) is 0 Å². The second-order valence-electron chi connectivity index (χ2n) is 4.45. The molecule has 0 saturated carbocycles. The molecule has 0 aromatic heterocycles. The van der Waals surface area contributed by atoms with E-state index < -0.39 is 12.1 Å². The smallest absolute Gasteiger partial charge is 0.306 e. The van der Waals surface area contributed by atoms with Crippen LogP contribution in [-0.2, 0) is 19.1 Å². The molecule has 0 aliphatic carbocycles. The van der Waals surface area contributed by atoms with Crippen molar-refractivity contribution < 1.29 is 24.2 Å². The van der Waals surface area contributed by atoms with Crippen LogP contribution in [0.2, 0.25) is 0 Å². The third-order valence-corrected chi connectivity index (χ3v) is 2.95. The third kappa shape index (κ3) is 5.97. The van der Waals surface area contributed by atoms with Gasteiger partial charge in [0.15, 0.2) is 0 Å². The van der Waals surface area contributed by atoms with Crippen LogP contribution in [0.15, 0.2) is 0 Å². The van der Waals surface area contributed by atoms with Crippen molar-refractivity contribution in [3.63, 3.8) is 0 Å². The van der Waals surface area contributed by atoms with Crippen LogP contribution in [0.1, 0.15) is 32.1 Å². The van der Waals surface area contributed by atoms with Crippen LogP contribution in [-0.4, -0.2) is 49.5 Å². The minimum absolute atomic E-state index is 0.000723. The van der Waals surface area contributed by atoms with Gasteiger partial charge in [0.25, 0.3) is 0 Å². The average molecular weight is 259 g/mol. The van der Waals surface area contributed by atoms with E-state index in [1.54, 1.807) is 0 Å². The van der Waals surface area contributed by atoms with Crippen molar-refractivity contribution in [3.8, 4) is 0 Å². The van der Waals surface area contributed by atoms with Crippen molar-refractivity contribution in [3.05, 3.63) is 0 Å². The summed E-state index contributed by atoms with van der Waals surface area (Å²) in [6, 6.07) is 0. The van der Waals surface area contributed by atoms with E-state index in [9.17, 15) is 9.59 Å². The summed E-state index contributed by atoms with van der Waals surface area (Å²) in [7, 11) is 1.43. The normalized spacial score (nSPS) is 21.3. The Morgan fingerprint density at radius 2 is 2.28 bits per heavy atom. The minimum atomic E-state index is -0.938. The molecule has 1 aliphatic heterocycles. The van der Waals surface area contributed by atoms with E-state index >= 15 is 0 Å². The highest BCUT2D eigenvalue weighted by Gasteiger charge is 2.19. The molecule has 2 unspecified atom stereocenters. The first kappa shape index (κ1) is 14.9. The second kappa shape index (κ2) is 8.05. The number of carbonyl (C=O) groups excluding carboxylic acids is 1. The van der Waals surface area contributed by atoms with Crippen LogP contribution in [0, 0.1) is 0 Å². The van der Waals surface area contributed by atoms with Gasteiger partial charge >= 0.3 is 5.97 Å². The summed E-state index contributed by atoms with van der Waals surface area (Å²) in [6.45, 7) is 0.937. The largest absolute Gasteiger partial charge is 0.481 e. The SMILES string of the molecule is COC(CNC(=O)CC1CCCCO1)CC(=O)O. The summed E-state index contributed by atoms with van der Waals surface area (Å²) in [5, 5.41) is 11.3. The molecule has 18 heavy (non-hydrogen) atoms. The minimum Gasteiger partial charge on any atom is -0.481 e. The van der Waals surface area contributed by atoms with Gasteiger partial charge in [0.2, 0.25) is 5.91 Å². The fourth-order valence-electron chi connectivity index (χ4n) is 1.91. The maximum absolute atomic E-state index is 11.6. The number of hydrogen-bond acceptors (Lipinski definition) is 4. The Labute approximate surface area is 107 Å². The van der Waals surface area contributed by atoms with Crippen LogP contribution in [0.4, 0.5) is 0 Å². The van der Waals surface area contributed by atoms with Gasteiger partial charge in [-0.05, 0) is 19.3 Å². The molecule has 1 saturated heterocycles. The standard InChI is InChI=1S/C12H21NO5/c1-17-10(7-12(15)16)8-13-11(14)6-9-4-2-3-5-18-9/h9-10H,2-8H2,1H3,(H,13,14)(H,15,16). The average Bonchev–Trinajstić information content (AvgIpc) is 2.35. The molecule has 1 rings (SSSR count). The number of nitrogens with one attached hydrogen (secondary N) is 1. The lowest BCUT2D eigenvalue weighted by Crippen LogP contribution is -2.36. The molecule has 6 heteroatoms. The predicted octanol–water partition coefficient (Wildman–Crippen LogP) is 0.552. The van der Waals surface area contributed by atoms with Crippen molar-refractivity contribution in [2.75, 3.05) is 20.3 Å². The highest BCUT2D eigenvalue weighted by Crippen LogP contribution is 2.15. The number of hydrogen-bond donors (Lipinski definition) is 2. The van der Waals surface area contributed by atoms with Gasteiger partial charge in [-0.2, -0.15) is 0 Å². The first-order valence-electron chi connectivity index (χ1n) is 6.24. The van der Waals surface area contributed by atoms with Gasteiger partial charge < -0.3 is 19.9 Å². The fraction of sp³-hybridized carbons (Fsp3) is 0.833. The Morgan fingerprint density at radius 3 is 2.83 bits per heavy atom. The van der Waals surface area contributed by atoms with E-state index in [-0.39, 0.29) is 25.0 Å². The topological polar surface area (TPSA) is 84.9 Å². The Kier molecular flexibility index (Phi) is 6.67. The van der Waals surface area contributed by atoms with E-state index in [2.05, 4.69) is 5.32 Å². The molecule has 6 nitrogen and oxygen atoms in total. The zero-order valence-electron chi connectivity index (χ0n) is 10.7. The summed E-state index contributed by atoms with van der Waals surface area (Å²) in [5.74, 6) is -1.05. The van der Waals surface area contributed by atoms with Crippen molar-refractivity contribution >= 4 is 11.9 Å². The Bertz CT molecular complexity index is 276. The van der Waals surface area contributed by atoms with Gasteiger partial charge in [0, 0.05) is 20.3 Å². The molecule has 1 fully saturated rings. The second-order valence-corrected chi connectivity index (χ2v) is 4.45. The third-order valence-electron chi connectivity index (χ3n) is 2.95. The number of carbonyl (C=O) groups is 2. The summed E-state index contributed by atoms with van der Waals surface area (Å²) < 4.78 is 10.4. The van der Waals surface area contributed by atoms with E-state index in [4.69, 9.17) is 14.6 Å². The van der Waals surface area contributed by atoms with Crippen molar-refractivity contribution in [1.29, 1.82) is 0 Å². The van der Waals surface area contributed by atoms with Crippen molar-refractivity contribution in [2.45, 2.75) is 44.3 Å². The molecule has 1 heterocycles. The molecular weight excluding hydrogens is 238 g/mol. The van der Waals surface area contributed by atoms with Gasteiger partial charge in [-0.1, -0.05) is 0 Å². The van der Waals surface area contributed by atoms with Crippen LogP contribution in [0.5, 0.6) is 0 Å². The van der Waals surface area contributed by atoms with E-state index in [0.29, 0.717) is 6.42 Å². The number of aliphatic carboxylic acids is 1. The van der Waals surface area contributed by atoms with Crippen LogP contribution < -0.4 is 5.32 Å². The molecule has 104 valence electrons. The summed E-state index contributed by atoms with van der Waals surface area (Å²) in [6.07, 6.45) is 2.80. The maximum Gasteiger partial charge on any atom is 0.306 e. The summed E-state index contributed by atoms with van der Waals surface area (Å²) in [4.78, 5) is 22.1. The van der Waals surface area contributed by atoms with Crippen LogP contribution in [0.3, 0.4) is 0 Å². The summed E-state index contributed by atoms with van der Waals surface area (Å²) in [5.41, 5.74) is 0. The molecular formula is C12H21NO5. The van der Waals surface area contributed by atoms with E-state index in [0.717, 1.165) is 25.9 Å². The van der Waals surface area contributed by atoms with Gasteiger partial charge in [-0.15, -0.1) is 0 Å². The van der Waals surface area contributed by atoms with Crippen LogP contribution >= 0.6 is 0 Å². The predicted molar refractivity (Wildman–Crippen MR) is 64.3 cm³/mol. The lowest BCUT2D eigenvalue weighted by Gasteiger charge is -2.22. The number of methoxy groups -OCH3 is 1. The highest BCUT2D eigenvalue weighted by atomic mass is 16.5. The van der Waals surface area contributed by atoms with Gasteiger partial charge in [-0.3, -0.25) is 9.59 Å². The molecule has 0 bridgehead atoms. The highest BCUT2D eigenvalue weighted by molar-refractivity contribution is 5.76. The number of ether oxygens (including phenoxy) is 2. The van der Waals surface area contributed by atoms with Crippen molar-refractivity contribution in [2.24, 2.45) is 0 Å². The zero-order valence-corrected chi connectivity index (χ0v) is 10.7. The lowest BCUT2D eigenvalue weighted by atomic mass is 10.1. The van der Waals surface area contributed by atoms with E-state index in [1.807, 2.05) is 0 Å². The van der Waals surface area contributed by atoms with Crippen molar-refractivity contribution in [1.82, 2.24) is 5.32 Å². The van der Waals surface area contributed by atoms with Gasteiger partial charge in [-0.25, -0.2) is 0 Å². The lowest BCUT2D eigenvalue weighted by molar-refractivity contribution is -0.140. The van der Waals surface area contributed by atoms with Gasteiger partial charge in [0.1, 0.15) is 0 Å². The molecule has 2 N–H and O–H groups in total. The monoisotopic (exact) mass is 259 g/mol. The number of carboxylic acid groups (broad SMARTS) is 1. The first-order chi connectivity index (χ1) is 8.61. The molecule has 0 aromatic carbocycles. The number of carboxylic acids is 1. The Hall–Kier alpha value is -1.14. The molecule has 1 aliphatic rings. The number of rotatable bonds is 7. The quantitative estimate of drug-likeness (QED) is 0.697.